The number of hydrogen-bond acceptors (Lipinski definition) is 6. The molecule has 1 aliphatic heterocycles. The maximum absolute atomic E-state index is 5.84. The molecule has 1 atom stereocenters. The lowest BCUT2D eigenvalue weighted by molar-refractivity contribution is 0.172. The molecule has 2 fully saturated rings. The van der Waals surface area contributed by atoms with Crippen LogP contribution >= 0.6 is 11.3 Å². The van der Waals surface area contributed by atoms with Crippen molar-refractivity contribution in [1.82, 2.24) is 20.2 Å². The summed E-state index contributed by atoms with van der Waals surface area (Å²) in [7, 11) is 0. The minimum absolute atomic E-state index is 0.513. The first-order valence-electron chi connectivity index (χ1n) is 8.42. The first-order chi connectivity index (χ1) is 11.2. The fraction of sp³-hybridized carbons (Fsp3) is 0.647. The average Bonchev–Trinajstić information content (AvgIpc) is 2.87. The molecule has 5 nitrogen and oxygen atoms in total. The van der Waals surface area contributed by atoms with Crippen molar-refractivity contribution >= 4 is 11.3 Å². The maximum Gasteiger partial charge on any atom is 0.208 e. The van der Waals surface area contributed by atoms with E-state index in [0.29, 0.717) is 11.5 Å². The molecule has 1 saturated heterocycles. The summed E-state index contributed by atoms with van der Waals surface area (Å²) in [5, 5.41) is 6.72. The lowest BCUT2D eigenvalue weighted by Gasteiger charge is -2.28. The van der Waals surface area contributed by atoms with E-state index in [0.717, 1.165) is 43.5 Å². The fourth-order valence-corrected chi connectivity index (χ4v) is 4.51. The highest BCUT2D eigenvalue weighted by Crippen LogP contribution is 2.56. The molecule has 3 heterocycles. The third-order valence-corrected chi connectivity index (χ3v) is 6.18. The van der Waals surface area contributed by atoms with E-state index >= 15 is 0 Å². The van der Waals surface area contributed by atoms with E-state index in [4.69, 9.17) is 4.42 Å². The second kappa shape index (κ2) is 6.00. The van der Waals surface area contributed by atoms with Crippen LogP contribution < -0.4 is 5.32 Å². The highest BCUT2D eigenvalue weighted by Gasteiger charge is 2.56. The van der Waals surface area contributed by atoms with Crippen LogP contribution in [0.3, 0.4) is 0 Å². The van der Waals surface area contributed by atoms with E-state index in [1.807, 2.05) is 20.0 Å². The van der Waals surface area contributed by atoms with Crippen molar-refractivity contribution in [1.29, 1.82) is 0 Å². The molecule has 0 amide bonds. The third kappa shape index (κ3) is 3.07. The molecule has 0 bridgehead atoms. The second-order valence-electron chi connectivity index (χ2n) is 6.91. The van der Waals surface area contributed by atoms with Gasteiger partial charge in [0.25, 0.3) is 0 Å². The van der Waals surface area contributed by atoms with Crippen LogP contribution in [0.25, 0.3) is 0 Å². The second-order valence-corrected chi connectivity index (χ2v) is 7.89. The SMILES string of the molecule is Cc1nc(CN(Cc2nccs2)[C@H]2CC23CCNCC3)oc1C. The predicted molar refractivity (Wildman–Crippen MR) is 90.3 cm³/mol. The van der Waals surface area contributed by atoms with Gasteiger partial charge in [0.1, 0.15) is 10.8 Å². The molecule has 0 aromatic carbocycles. The van der Waals surface area contributed by atoms with Crippen LogP contribution in [0, 0.1) is 19.3 Å². The lowest BCUT2D eigenvalue weighted by Crippen LogP contribution is -2.35. The van der Waals surface area contributed by atoms with Gasteiger partial charge >= 0.3 is 0 Å². The van der Waals surface area contributed by atoms with E-state index in [1.54, 1.807) is 11.3 Å². The van der Waals surface area contributed by atoms with E-state index < -0.39 is 0 Å². The number of rotatable bonds is 5. The zero-order chi connectivity index (χ0) is 15.9. The third-order valence-electron chi connectivity index (χ3n) is 5.42. The van der Waals surface area contributed by atoms with Crippen LogP contribution in [0.5, 0.6) is 0 Å². The maximum atomic E-state index is 5.84. The summed E-state index contributed by atoms with van der Waals surface area (Å²) in [6, 6.07) is 0.640. The van der Waals surface area contributed by atoms with E-state index in [1.165, 1.54) is 24.3 Å². The van der Waals surface area contributed by atoms with Crippen molar-refractivity contribution in [3.63, 3.8) is 0 Å². The molecular formula is C17H24N4OS. The lowest BCUT2D eigenvalue weighted by atomic mass is 9.93. The van der Waals surface area contributed by atoms with Crippen LogP contribution in [-0.4, -0.2) is 34.0 Å². The number of nitrogens with zero attached hydrogens (tertiary/aromatic N) is 3. The number of aromatic nitrogens is 2. The topological polar surface area (TPSA) is 54.2 Å². The molecule has 2 aromatic rings. The normalized spacial score (nSPS) is 22.8. The predicted octanol–water partition coefficient (Wildman–Crippen LogP) is 2.89. The Hall–Kier alpha value is -1.24. The van der Waals surface area contributed by atoms with Gasteiger partial charge in [0.15, 0.2) is 0 Å². The molecule has 124 valence electrons. The summed E-state index contributed by atoms with van der Waals surface area (Å²) >= 11 is 1.73. The zero-order valence-corrected chi connectivity index (χ0v) is 14.7. The summed E-state index contributed by atoms with van der Waals surface area (Å²) in [6.07, 6.45) is 5.77. The van der Waals surface area contributed by atoms with Crippen LogP contribution in [-0.2, 0) is 13.1 Å². The first kappa shape index (κ1) is 15.3. The van der Waals surface area contributed by atoms with Gasteiger partial charge in [-0.1, -0.05) is 0 Å². The quantitative estimate of drug-likeness (QED) is 0.912. The van der Waals surface area contributed by atoms with Gasteiger partial charge in [0.2, 0.25) is 5.89 Å². The Balaban J connectivity index is 1.52. The Labute approximate surface area is 141 Å². The summed E-state index contributed by atoms with van der Waals surface area (Å²) in [4.78, 5) is 11.6. The molecule has 1 spiro atoms. The van der Waals surface area contributed by atoms with E-state index in [9.17, 15) is 0 Å². The molecule has 2 aliphatic rings. The number of thiazole rings is 1. The molecule has 6 heteroatoms. The summed E-state index contributed by atoms with van der Waals surface area (Å²) < 4.78 is 5.84. The smallest absolute Gasteiger partial charge is 0.208 e. The Kier molecular flexibility index (Phi) is 3.99. The van der Waals surface area contributed by atoms with Crippen molar-refractivity contribution in [3.8, 4) is 0 Å². The number of oxazole rings is 1. The van der Waals surface area contributed by atoms with E-state index in [2.05, 4.69) is 25.6 Å². The van der Waals surface area contributed by atoms with Crippen molar-refractivity contribution in [2.24, 2.45) is 5.41 Å². The number of piperidine rings is 1. The van der Waals surface area contributed by atoms with Gasteiger partial charge in [-0.05, 0) is 51.6 Å². The van der Waals surface area contributed by atoms with Gasteiger partial charge in [0.05, 0.1) is 18.8 Å². The Morgan fingerprint density at radius 2 is 2.17 bits per heavy atom. The molecule has 0 radical (unpaired) electrons. The summed E-state index contributed by atoms with van der Waals surface area (Å²) in [5.74, 6) is 1.77. The molecular weight excluding hydrogens is 308 g/mol. The van der Waals surface area contributed by atoms with Crippen molar-refractivity contribution in [2.75, 3.05) is 13.1 Å². The number of hydrogen-bond donors (Lipinski definition) is 1. The van der Waals surface area contributed by atoms with Gasteiger partial charge < -0.3 is 9.73 Å². The molecule has 0 unspecified atom stereocenters. The Morgan fingerprint density at radius 1 is 1.35 bits per heavy atom. The molecule has 1 aliphatic carbocycles. The van der Waals surface area contributed by atoms with Crippen molar-refractivity contribution in [3.05, 3.63) is 33.9 Å². The molecule has 1 N–H and O–H groups in total. The van der Waals surface area contributed by atoms with Crippen molar-refractivity contribution < 1.29 is 4.42 Å². The van der Waals surface area contributed by atoms with Gasteiger partial charge in [0, 0.05) is 17.6 Å². The summed E-state index contributed by atoms with van der Waals surface area (Å²) in [6.45, 7) is 7.99. The fourth-order valence-electron chi connectivity index (χ4n) is 3.87. The van der Waals surface area contributed by atoms with Crippen LogP contribution in [0.15, 0.2) is 16.0 Å². The van der Waals surface area contributed by atoms with Crippen LogP contribution in [0.1, 0.15) is 41.6 Å². The van der Waals surface area contributed by atoms with E-state index in [-0.39, 0.29) is 0 Å². The number of aryl methyl sites for hydroxylation is 2. The highest BCUT2D eigenvalue weighted by atomic mass is 32.1. The molecule has 23 heavy (non-hydrogen) atoms. The summed E-state index contributed by atoms with van der Waals surface area (Å²) in [5.41, 5.74) is 1.51. The standard InChI is InChI=1S/C17H24N4OS/c1-12-13(2)22-15(20-12)10-21(11-16-19-7-8-23-16)14-9-17(14)3-5-18-6-4-17/h7-8,14,18H,3-6,9-11H2,1-2H3/t14-/m0/s1. The highest BCUT2D eigenvalue weighted by molar-refractivity contribution is 7.09. The van der Waals surface area contributed by atoms with Crippen molar-refractivity contribution in [2.45, 2.75) is 52.2 Å². The molecule has 1 saturated carbocycles. The minimum atomic E-state index is 0.513. The van der Waals surface area contributed by atoms with Gasteiger partial charge in [-0.25, -0.2) is 9.97 Å². The molecule has 4 rings (SSSR count). The minimum Gasteiger partial charge on any atom is -0.444 e. The van der Waals surface area contributed by atoms with Gasteiger partial charge in [-0.3, -0.25) is 4.90 Å². The largest absolute Gasteiger partial charge is 0.444 e. The molecule has 2 aromatic heterocycles. The Morgan fingerprint density at radius 3 is 2.83 bits per heavy atom. The Bertz CT molecular complexity index is 641. The van der Waals surface area contributed by atoms with Gasteiger partial charge in [-0.15, -0.1) is 11.3 Å². The number of nitrogens with one attached hydrogen (secondary N) is 1. The van der Waals surface area contributed by atoms with Crippen LogP contribution in [0.2, 0.25) is 0 Å². The van der Waals surface area contributed by atoms with Gasteiger partial charge in [-0.2, -0.15) is 0 Å². The first-order valence-corrected chi connectivity index (χ1v) is 9.30. The van der Waals surface area contributed by atoms with Crippen LogP contribution in [0.4, 0.5) is 0 Å². The zero-order valence-electron chi connectivity index (χ0n) is 13.8. The monoisotopic (exact) mass is 332 g/mol. The average molecular weight is 332 g/mol.